The molecule has 2 aliphatic rings. The van der Waals surface area contributed by atoms with Crippen LogP contribution >= 0.6 is 0 Å². The molecule has 4 amide bonds. The van der Waals surface area contributed by atoms with Gasteiger partial charge < -0.3 is 29.9 Å². The lowest BCUT2D eigenvalue weighted by molar-refractivity contribution is -0.156. The molecule has 1 fully saturated rings. The van der Waals surface area contributed by atoms with Crippen LogP contribution in [0.4, 0.5) is 4.79 Å². The van der Waals surface area contributed by atoms with Crippen LogP contribution in [-0.4, -0.2) is 103 Å². The quantitative estimate of drug-likeness (QED) is 0.401. The summed E-state index contributed by atoms with van der Waals surface area (Å²) in [5.74, 6) is -3.11. The predicted molar refractivity (Wildman–Crippen MR) is 164 cm³/mol. The Hall–Kier alpha value is -4.41. The second kappa shape index (κ2) is 13.9. The van der Waals surface area contributed by atoms with E-state index < -0.39 is 47.9 Å². The number of fused-ring (bicyclic) bond motifs is 3. The molecule has 0 radical (unpaired) electrons. The predicted octanol–water partition coefficient (Wildman–Crippen LogP) is 3.32. The van der Waals surface area contributed by atoms with Crippen LogP contribution in [0, 0.1) is 5.92 Å². The molecule has 1 unspecified atom stereocenters. The maximum atomic E-state index is 13.8. The number of hydrogen-bond acceptors (Lipinski definition) is 6. The number of carboxylic acids is 1. The van der Waals surface area contributed by atoms with Crippen molar-refractivity contribution >= 4 is 29.8 Å². The van der Waals surface area contributed by atoms with E-state index in [9.17, 15) is 29.1 Å². The van der Waals surface area contributed by atoms with Crippen molar-refractivity contribution in [3.05, 3.63) is 59.7 Å². The molecular formula is C33H42N4O7. The van der Waals surface area contributed by atoms with Gasteiger partial charge in [-0.1, -0.05) is 61.4 Å². The molecule has 11 nitrogen and oxygen atoms in total. The number of nitrogens with one attached hydrogen (secondary N) is 1. The minimum absolute atomic E-state index is 0.0901. The Morgan fingerprint density at radius 2 is 1.41 bits per heavy atom. The number of alkyl carbamates (subject to hydrolysis) is 1. The molecule has 1 saturated carbocycles. The summed E-state index contributed by atoms with van der Waals surface area (Å²) in [5, 5.41) is 12.4. The maximum absolute atomic E-state index is 13.8. The smallest absolute Gasteiger partial charge is 0.407 e. The van der Waals surface area contributed by atoms with Gasteiger partial charge in [0.15, 0.2) is 0 Å². The summed E-state index contributed by atoms with van der Waals surface area (Å²) in [7, 11) is 5.88. The summed E-state index contributed by atoms with van der Waals surface area (Å²) in [6.07, 6.45) is 2.02. The van der Waals surface area contributed by atoms with Gasteiger partial charge in [-0.2, -0.15) is 0 Å². The topological polar surface area (TPSA) is 137 Å². The molecule has 2 aliphatic carbocycles. The molecule has 0 aromatic heterocycles. The highest BCUT2D eigenvalue weighted by atomic mass is 16.5. The molecule has 4 rings (SSSR count). The van der Waals surface area contributed by atoms with E-state index in [4.69, 9.17) is 4.74 Å². The van der Waals surface area contributed by atoms with Crippen LogP contribution in [0.5, 0.6) is 0 Å². The third-order valence-corrected chi connectivity index (χ3v) is 8.88. The summed E-state index contributed by atoms with van der Waals surface area (Å²) in [6, 6.07) is 12.6. The third-order valence-electron chi connectivity index (χ3n) is 8.88. The SMILES string of the molecule is C[C@H](NC(=O)OCC1c2ccccc2-c2ccccc21)C(=O)N(C)[C@H](C(=O)N(C)C(CC(=O)N(C)C)C(=O)O)C1CCCC1. The second-order valence-electron chi connectivity index (χ2n) is 11.9. The van der Waals surface area contributed by atoms with Gasteiger partial charge in [-0.15, -0.1) is 0 Å². The summed E-state index contributed by atoms with van der Waals surface area (Å²) in [6.45, 7) is 1.61. The number of benzene rings is 2. The molecule has 3 atom stereocenters. The highest BCUT2D eigenvalue weighted by Crippen LogP contribution is 2.44. The van der Waals surface area contributed by atoms with E-state index >= 15 is 0 Å². The van der Waals surface area contributed by atoms with Crippen molar-refractivity contribution in [3.8, 4) is 11.1 Å². The Kier molecular flexibility index (Phi) is 10.3. The van der Waals surface area contributed by atoms with Crippen LogP contribution < -0.4 is 5.32 Å². The van der Waals surface area contributed by atoms with Crippen LogP contribution in [0.15, 0.2) is 48.5 Å². The van der Waals surface area contributed by atoms with E-state index in [-0.39, 0.29) is 24.9 Å². The highest BCUT2D eigenvalue weighted by molar-refractivity contribution is 5.94. The van der Waals surface area contributed by atoms with E-state index in [0.29, 0.717) is 12.8 Å². The van der Waals surface area contributed by atoms with Crippen LogP contribution in [-0.2, 0) is 23.9 Å². The number of carbonyl (C=O) groups is 5. The van der Waals surface area contributed by atoms with Gasteiger partial charge in [0.05, 0.1) is 6.42 Å². The fourth-order valence-electron chi connectivity index (χ4n) is 6.38. The number of aliphatic carboxylic acids is 1. The van der Waals surface area contributed by atoms with E-state index in [1.165, 1.54) is 44.9 Å². The number of nitrogens with zero attached hydrogens (tertiary/aromatic N) is 3. The molecule has 0 heterocycles. The Balaban J connectivity index is 1.43. The maximum Gasteiger partial charge on any atom is 0.407 e. The molecule has 0 bridgehead atoms. The van der Waals surface area contributed by atoms with Crippen LogP contribution in [0.3, 0.4) is 0 Å². The Morgan fingerprint density at radius 3 is 1.93 bits per heavy atom. The number of ether oxygens (including phenoxy) is 1. The van der Waals surface area contributed by atoms with Gasteiger partial charge in [0.25, 0.3) is 0 Å². The van der Waals surface area contributed by atoms with Gasteiger partial charge in [0.2, 0.25) is 17.7 Å². The van der Waals surface area contributed by atoms with Crippen LogP contribution in [0.25, 0.3) is 11.1 Å². The zero-order chi connectivity index (χ0) is 32.1. The summed E-state index contributed by atoms with van der Waals surface area (Å²) in [4.78, 5) is 68.3. The Bertz CT molecular complexity index is 1360. The fourth-order valence-corrected chi connectivity index (χ4v) is 6.38. The molecule has 0 spiro atoms. The largest absolute Gasteiger partial charge is 0.480 e. The van der Waals surface area contributed by atoms with E-state index in [2.05, 4.69) is 5.32 Å². The first-order chi connectivity index (χ1) is 20.9. The van der Waals surface area contributed by atoms with Crippen molar-refractivity contribution < 1.29 is 33.8 Å². The van der Waals surface area contributed by atoms with Crippen molar-refractivity contribution in [2.24, 2.45) is 5.92 Å². The number of amides is 4. The van der Waals surface area contributed by atoms with Crippen molar-refractivity contribution in [3.63, 3.8) is 0 Å². The molecule has 0 saturated heterocycles. The van der Waals surface area contributed by atoms with E-state index in [0.717, 1.165) is 40.0 Å². The molecule has 2 N–H and O–H groups in total. The molecule has 236 valence electrons. The first-order valence-electron chi connectivity index (χ1n) is 15.0. The third kappa shape index (κ3) is 6.87. The number of likely N-dealkylation sites (N-methyl/N-ethyl adjacent to an activating group) is 2. The normalized spacial score (nSPS) is 16.2. The van der Waals surface area contributed by atoms with Crippen LogP contribution in [0.2, 0.25) is 0 Å². The van der Waals surface area contributed by atoms with E-state index in [1.807, 2.05) is 48.5 Å². The van der Waals surface area contributed by atoms with Gasteiger partial charge in [-0.05, 0) is 47.9 Å². The lowest BCUT2D eigenvalue weighted by Crippen LogP contribution is -2.58. The van der Waals surface area contributed by atoms with Gasteiger partial charge in [-0.25, -0.2) is 9.59 Å². The standard InChI is InChI=1S/C33H42N4O7/c1-20(34-33(43)44-19-26-24-16-10-8-14-22(24)23-15-9-11-17-25(23)26)30(39)37(5)29(21-12-6-7-13-21)31(40)36(4)27(32(41)42)18-28(38)35(2)3/h8-11,14-17,20-21,26-27,29H,6-7,12-13,18-19H2,1-5H3,(H,34,43)(H,41,42)/t20-,27?,29-/m0/s1. The molecule has 2 aromatic carbocycles. The molecular weight excluding hydrogens is 564 g/mol. The number of rotatable bonds is 11. The second-order valence-corrected chi connectivity index (χ2v) is 11.9. The summed E-state index contributed by atoms with van der Waals surface area (Å²) >= 11 is 0. The first kappa shape index (κ1) is 32.5. The van der Waals surface area contributed by atoms with Crippen molar-refractivity contribution in [2.75, 3.05) is 34.8 Å². The summed E-state index contributed by atoms with van der Waals surface area (Å²) < 4.78 is 5.60. The van der Waals surface area contributed by atoms with Gasteiger partial charge >= 0.3 is 12.1 Å². The summed E-state index contributed by atoms with van der Waals surface area (Å²) in [5.41, 5.74) is 4.34. The van der Waals surface area contributed by atoms with Gasteiger partial charge in [0.1, 0.15) is 24.7 Å². The molecule has 2 aromatic rings. The van der Waals surface area contributed by atoms with Crippen LogP contribution in [0.1, 0.15) is 56.1 Å². The van der Waals surface area contributed by atoms with E-state index in [1.54, 1.807) is 0 Å². The average Bonchev–Trinajstić information content (AvgIpc) is 3.64. The van der Waals surface area contributed by atoms with Crippen molar-refractivity contribution in [1.82, 2.24) is 20.0 Å². The highest BCUT2D eigenvalue weighted by Gasteiger charge is 2.42. The monoisotopic (exact) mass is 606 g/mol. The molecule has 11 heteroatoms. The fraction of sp³-hybridized carbons (Fsp3) is 0.485. The number of hydrogen-bond donors (Lipinski definition) is 2. The van der Waals surface area contributed by atoms with Gasteiger partial charge in [-0.3, -0.25) is 14.4 Å². The Morgan fingerprint density at radius 1 is 0.864 bits per heavy atom. The van der Waals surface area contributed by atoms with Crippen molar-refractivity contribution in [2.45, 2.75) is 63.1 Å². The van der Waals surface area contributed by atoms with Gasteiger partial charge in [0, 0.05) is 34.1 Å². The minimum atomic E-state index is -1.39. The number of carboxylic acid groups (broad SMARTS) is 1. The zero-order valence-corrected chi connectivity index (χ0v) is 26.0. The molecule has 0 aliphatic heterocycles. The minimum Gasteiger partial charge on any atom is -0.480 e. The first-order valence-corrected chi connectivity index (χ1v) is 15.0. The molecule has 44 heavy (non-hydrogen) atoms. The number of carbonyl (C=O) groups excluding carboxylic acids is 4. The lowest BCUT2D eigenvalue weighted by Gasteiger charge is -2.37. The zero-order valence-electron chi connectivity index (χ0n) is 26.0. The average molecular weight is 607 g/mol. The van der Waals surface area contributed by atoms with Crippen molar-refractivity contribution in [1.29, 1.82) is 0 Å². The lowest BCUT2D eigenvalue weighted by atomic mass is 9.94. The Labute approximate surface area is 258 Å².